The van der Waals surface area contributed by atoms with E-state index in [0.717, 1.165) is 30.5 Å². The molecule has 2 heterocycles. The van der Waals surface area contributed by atoms with Gasteiger partial charge in [-0.25, -0.2) is 0 Å². The maximum absolute atomic E-state index is 12.9. The highest BCUT2D eigenvalue weighted by atomic mass is 19.4. The summed E-state index contributed by atoms with van der Waals surface area (Å²) >= 11 is 0. The van der Waals surface area contributed by atoms with Gasteiger partial charge in [-0.3, -0.25) is 9.59 Å². The number of piperidine rings is 1. The second kappa shape index (κ2) is 6.78. The summed E-state index contributed by atoms with van der Waals surface area (Å²) in [6.07, 6.45) is -0.983. The molecule has 1 spiro atoms. The number of carbonyl (C=O) groups excluding carboxylic acids is 2. The third-order valence-electron chi connectivity index (χ3n) is 6.64. The summed E-state index contributed by atoms with van der Waals surface area (Å²) in [4.78, 5) is 26.1. The Kier molecular flexibility index (Phi) is 4.67. The fourth-order valence-corrected chi connectivity index (χ4v) is 5.05. The summed E-state index contributed by atoms with van der Waals surface area (Å²) in [6, 6.07) is 5.44. The van der Waals surface area contributed by atoms with Crippen molar-refractivity contribution in [1.82, 2.24) is 4.90 Å². The van der Waals surface area contributed by atoms with E-state index in [-0.39, 0.29) is 35.2 Å². The van der Waals surface area contributed by atoms with Gasteiger partial charge in [-0.1, -0.05) is 12.1 Å². The predicted octanol–water partition coefficient (Wildman–Crippen LogP) is 4.14. The molecule has 3 aliphatic rings. The van der Waals surface area contributed by atoms with Crippen molar-refractivity contribution in [2.75, 3.05) is 13.2 Å². The first-order chi connectivity index (χ1) is 13.2. The van der Waals surface area contributed by atoms with E-state index in [4.69, 9.17) is 4.74 Å². The largest absolute Gasteiger partial charge is 0.465 e. The Morgan fingerprint density at radius 2 is 1.89 bits per heavy atom. The summed E-state index contributed by atoms with van der Waals surface area (Å²) in [7, 11) is 0. The maximum atomic E-state index is 12.9. The summed E-state index contributed by atoms with van der Waals surface area (Å²) in [5, 5.41) is 0. The topological polar surface area (TPSA) is 46.6 Å². The summed E-state index contributed by atoms with van der Waals surface area (Å²) < 4.78 is 43.3. The average Bonchev–Trinajstić information content (AvgIpc) is 3.01. The van der Waals surface area contributed by atoms with Crippen molar-refractivity contribution in [1.29, 1.82) is 0 Å². The Hall–Kier alpha value is -2.05. The van der Waals surface area contributed by atoms with Crippen LogP contribution in [-0.4, -0.2) is 36.0 Å². The zero-order chi connectivity index (χ0) is 20.1. The third-order valence-corrected chi connectivity index (χ3v) is 6.64. The van der Waals surface area contributed by atoms with Gasteiger partial charge in [0.25, 0.3) is 0 Å². The molecule has 2 saturated heterocycles. The van der Waals surface area contributed by atoms with Crippen LogP contribution in [0.3, 0.4) is 0 Å². The van der Waals surface area contributed by atoms with Gasteiger partial charge in [-0.05, 0) is 56.2 Å². The van der Waals surface area contributed by atoms with E-state index in [0.29, 0.717) is 32.4 Å². The highest BCUT2D eigenvalue weighted by Gasteiger charge is 2.53. The Balaban J connectivity index is 1.34. The predicted molar refractivity (Wildman–Crippen MR) is 95.3 cm³/mol. The molecule has 0 bridgehead atoms. The van der Waals surface area contributed by atoms with Crippen molar-refractivity contribution < 1.29 is 27.5 Å². The fraction of sp³-hybridized carbons (Fsp3) is 0.619. The van der Waals surface area contributed by atoms with Crippen LogP contribution in [0.1, 0.15) is 56.1 Å². The molecule has 0 N–H and O–H groups in total. The number of likely N-dealkylation sites (tertiary alicyclic amines) is 1. The van der Waals surface area contributed by atoms with Crippen LogP contribution in [0.5, 0.6) is 0 Å². The molecule has 1 aromatic rings. The number of halogens is 3. The zero-order valence-corrected chi connectivity index (χ0v) is 15.8. The molecule has 2 atom stereocenters. The molecule has 0 aromatic heterocycles. The van der Waals surface area contributed by atoms with Gasteiger partial charge in [0, 0.05) is 23.9 Å². The SMILES string of the molecule is C[C@@H]1C[C@H](c2ccc(C(F)(F)F)cc2)CCN1C(=O)C1CC2(COC(=O)C2)C1. The number of hydrogen-bond donors (Lipinski definition) is 0. The molecule has 7 heteroatoms. The van der Waals surface area contributed by atoms with Crippen LogP contribution in [0, 0.1) is 11.3 Å². The lowest BCUT2D eigenvalue weighted by Gasteiger charge is -2.46. The molecule has 152 valence electrons. The molecule has 1 aliphatic carbocycles. The van der Waals surface area contributed by atoms with Crippen LogP contribution in [0.15, 0.2) is 24.3 Å². The van der Waals surface area contributed by atoms with Crippen molar-refractivity contribution in [2.45, 2.75) is 57.2 Å². The lowest BCUT2D eigenvalue weighted by Crippen LogP contribution is -2.52. The minimum atomic E-state index is -4.32. The molecular weight excluding hydrogens is 371 g/mol. The van der Waals surface area contributed by atoms with E-state index in [1.807, 2.05) is 11.8 Å². The van der Waals surface area contributed by atoms with Crippen LogP contribution < -0.4 is 0 Å². The van der Waals surface area contributed by atoms with Crippen LogP contribution in [0.2, 0.25) is 0 Å². The smallest absolute Gasteiger partial charge is 0.416 e. The third kappa shape index (κ3) is 3.51. The molecule has 3 fully saturated rings. The Bertz CT molecular complexity index is 768. The Morgan fingerprint density at radius 3 is 2.43 bits per heavy atom. The minimum absolute atomic E-state index is 0.0421. The molecule has 1 saturated carbocycles. The summed E-state index contributed by atoms with van der Waals surface area (Å²) in [5.74, 6) is 0.0921. The first kappa shape index (κ1) is 19.3. The van der Waals surface area contributed by atoms with Gasteiger partial charge in [0.15, 0.2) is 0 Å². The van der Waals surface area contributed by atoms with Gasteiger partial charge in [-0.15, -0.1) is 0 Å². The lowest BCUT2D eigenvalue weighted by atomic mass is 9.61. The average molecular weight is 395 g/mol. The fourth-order valence-electron chi connectivity index (χ4n) is 5.05. The van der Waals surface area contributed by atoms with Crippen molar-refractivity contribution >= 4 is 11.9 Å². The second-order valence-electron chi connectivity index (χ2n) is 8.66. The number of alkyl halides is 3. The highest BCUT2D eigenvalue weighted by Crippen LogP contribution is 2.52. The molecule has 1 amide bonds. The van der Waals surface area contributed by atoms with E-state index >= 15 is 0 Å². The molecule has 1 aromatic carbocycles. The van der Waals surface area contributed by atoms with Crippen molar-refractivity contribution in [2.24, 2.45) is 11.3 Å². The van der Waals surface area contributed by atoms with E-state index in [9.17, 15) is 22.8 Å². The first-order valence-corrected chi connectivity index (χ1v) is 9.80. The second-order valence-corrected chi connectivity index (χ2v) is 8.66. The maximum Gasteiger partial charge on any atom is 0.416 e. The number of carbonyl (C=O) groups is 2. The lowest BCUT2D eigenvalue weighted by molar-refractivity contribution is -0.147. The van der Waals surface area contributed by atoms with Gasteiger partial charge >= 0.3 is 12.1 Å². The number of nitrogens with zero attached hydrogens (tertiary/aromatic N) is 1. The molecule has 4 nitrogen and oxygen atoms in total. The summed E-state index contributed by atoms with van der Waals surface area (Å²) in [6.45, 7) is 3.05. The van der Waals surface area contributed by atoms with Gasteiger partial charge in [0.2, 0.25) is 5.91 Å². The van der Waals surface area contributed by atoms with Gasteiger partial charge in [-0.2, -0.15) is 13.2 Å². The summed E-state index contributed by atoms with van der Waals surface area (Å²) in [5.41, 5.74) is 0.139. The van der Waals surface area contributed by atoms with E-state index in [2.05, 4.69) is 0 Å². The van der Waals surface area contributed by atoms with Crippen LogP contribution in [-0.2, 0) is 20.5 Å². The van der Waals surface area contributed by atoms with E-state index in [1.54, 1.807) is 12.1 Å². The normalized spacial score (nSPS) is 32.9. The number of hydrogen-bond acceptors (Lipinski definition) is 3. The van der Waals surface area contributed by atoms with Crippen LogP contribution in [0.4, 0.5) is 13.2 Å². The molecule has 2 aliphatic heterocycles. The number of cyclic esters (lactones) is 1. The van der Waals surface area contributed by atoms with Crippen molar-refractivity contribution in [3.05, 3.63) is 35.4 Å². The number of amides is 1. The molecule has 4 rings (SSSR count). The standard InChI is InChI=1S/C21H24F3NO3/c1-13-8-15(14-2-4-17(5-3-14)21(22,23)24)6-7-25(13)19(27)16-9-20(10-16)11-18(26)28-12-20/h2-5,13,15-16H,6-12H2,1H3/t13-,15-,16?,20?/m1/s1. The Labute approximate surface area is 162 Å². The molecule has 0 radical (unpaired) electrons. The quantitative estimate of drug-likeness (QED) is 0.707. The number of rotatable bonds is 2. The number of benzene rings is 1. The van der Waals surface area contributed by atoms with Gasteiger partial charge in [0.1, 0.15) is 0 Å². The Morgan fingerprint density at radius 1 is 1.21 bits per heavy atom. The first-order valence-electron chi connectivity index (χ1n) is 9.80. The molecule has 0 unspecified atom stereocenters. The number of ether oxygens (including phenoxy) is 1. The minimum Gasteiger partial charge on any atom is -0.465 e. The van der Waals surface area contributed by atoms with Gasteiger partial charge in [0.05, 0.1) is 18.6 Å². The van der Waals surface area contributed by atoms with Crippen molar-refractivity contribution in [3.63, 3.8) is 0 Å². The zero-order valence-electron chi connectivity index (χ0n) is 15.8. The van der Waals surface area contributed by atoms with Crippen LogP contribution in [0.25, 0.3) is 0 Å². The van der Waals surface area contributed by atoms with E-state index < -0.39 is 11.7 Å². The van der Waals surface area contributed by atoms with Gasteiger partial charge < -0.3 is 9.64 Å². The molecule has 28 heavy (non-hydrogen) atoms. The van der Waals surface area contributed by atoms with E-state index in [1.165, 1.54) is 0 Å². The monoisotopic (exact) mass is 395 g/mol. The molecular formula is C21H24F3NO3. The number of esters is 1. The van der Waals surface area contributed by atoms with Crippen molar-refractivity contribution in [3.8, 4) is 0 Å². The highest BCUT2D eigenvalue weighted by molar-refractivity contribution is 5.81. The van der Waals surface area contributed by atoms with Crippen LogP contribution >= 0.6 is 0 Å².